The minimum Gasteiger partial charge on any atom is -0.465 e. The molecule has 1 aliphatic carbocycles. The Kier molecular flexibility index (Phi) is 3.95. The average Bonchev–Trinajstić information content (AvgIpc) is 2.36. The first-order valence-electron chi connectivity index (χ1n) is 6.38. The number of ether oxygens (including phenoxy) is 1. The van der Waals surface area contributed by atoms with Gasteiger partial charge >= 0.3 is 5.97 Å². The topological polar surface area (TPSA) is 75.8 Å². The molecule has 1 aromatic rings. The van der Waals surface area contributed by atoms with Crippen LogP contribution in [0, 0.1) is 5.92 Å². The fourth-order valence-corrected chi connectivity index (χ4v) is 2.45. The third kappa shape index (κ3) is 2.98. The van der Waals surface area contributed by atoms with E-state index in [2.05, 4.69) is 0 Å². The van der Waals surface area contributed by atoms with Gasteiger partial charge in [-0.25, -0.2) is 4.79 Å². The number of carbonyl (C=O) groups excluding carboxylic acids is 1. The summed E-state index contributed by atoms with van der Waals surface area (Å²) in [5.74, 6) is 0.120. The van der Waals surface area contributed by atoms with Gasteiger partial charge in [-0.3, -0.25) is 0 Å². The fourth-order valence-electron chi connectivity index (χ4n) is 2.45. The Bertz CT molecular complexity index is 470. The lowest BCUT2D eigenvalue weighted by Gasteiger charge is -2.35. The molecule has 0 aromatic heterocycles. The van der Waals surface area contributed by atoms with Gasteiger partial charge in [-0.15, -0.1) is 0 Å². The van der Waals surface area contributed by atoms with E-state index in [1.54, 1.807) is 18.2 Å². The Balaban J connectivity index is 2.11. The maximum atomic E-state index is 11.5. The van der Waals surface area contributed by atoms with Gasteiger partial charge in [0.2, 0.25) is 0 Å². The number of carbonyl (C=O) groups is 1. The monoisotopic (exact) mass is 264 g/mol. The van der Waals surface area contributed by atoms with Crippen molar-refractivity contribution in [3.63, 3.8) is 0 Å². The summed E-state index contributed by atoms with van der Waals surface area (Å²) in [4.78, 5) is 13.5. The van der Waals surface area contributed by atoms with Gasteiger partial charge in [-0.05, 0) is 37.0 Å². The highest BCUT2D eigenvalue weighted by atomic mass is 16.5. The van der Waals surface area contributed by atoms with Gasteiger partial charge in [-0.1, -0.05) is 0 Å². The Morgan fingerprint density at radius 3 is 2.79 bits per heavy atom. The number of aliphatic hydroxyl groups excluding tert-OH is 1. The van der Waals surface area contributed by atoms with Crippen LogP contribution in [0.4, 0.5) is 11.4 Å². The van der Waals surface area contributed by atoms with Crippen molar-refractivity contribution in [2.24, 2.45) is 5.92 Å². The number of aliphatic hydroxyl groups is 1. The Labute approximate surface area is 113 Å². The van der Waals surface area contributed by atoms with Crippen molar-refractivity contribution in [1.82, 2.24) is 0 Å². The number of methoxy groups -OCH3 is 1. The molecule has 0 saturated heterocycles. The summed E-state index contributed by atoms with van der Waals surface area (Å²) in [6.07, 6.45) is 1.51. The molecule has 0 spiro atoms. The summed E-state index contributed by atoms with van der Waals surface area (Å²) in [6.45, 7) is 0.825. The molecule has 3 N–H and O–H groups in total. The Hall–Kier alpha value is -1.75. The highest BCUT2D eigenvalue weighted by molar-refractivity contribution is 5.92. The minimum atomic E-state index is -0.367. The number of rotatable bonds is 4. The summed E-state index contributed by atoms with van der Waals surface area (Å²) >= 11 is 0. The van der Waals surface area contributed by atoms with Crippen LogP contribution in [0.1, 0.15) is 23.2 Å². The zero-order valence-electron chi connectivity index (χ0n) is 11.3. The van der Waals surface area contributed by atoms with Gasteiger partial charge in [0, 0.05) is 13.6 Å². The Morgan fingerprint density at radius 2 is 2.21 bits per heavy atom. The lowest BCUT2D eigenvalue weighted by Crippen LogP contribution is -2.37. The summed E-state index contributed by atoms with van der Waals surface area (Å²) < 4.78 is 4.71. The smallest absolute Gasteiger partial charge is 0.337 e. The first kappa shape index (κ1) is 13.7. The van der Waals surface area contributed by atoms with Crippen molar-refractivity contribution in [2.45, 2.75) is 18.9 Å². The normalized spacial score (nSPS) is 21.6. The molecule has 0 atom stereocenters. The maximum absolute atomic E-state index is 11.5. The van der Waals surface area contributed by atoms with Gasteiger partial charge in [-0.2, -0.15) is 0 Å². The molecule has 0 heterocycles. The van der Waals surface area contributed by atoms with Crippen molar-refractivity contribution in [2.75, 3.05) is 31.3 Å². The second-order valence-electron chi connectivity index (χ2n) is 5.14. The largest absolute Gasteiger partial charge is 0.465 e. The second-order valence-corrected chi connectivity index (χ2v) is 5.14. The zero-order chi connectivity index (χ0) is 14.0. The van der Waals surface area contributed by atoms with Crippen LogP contribution in [0.2, 0.25) is 0 Å². The molecule has 0 aliphatic heterocycles. The van der Waals surface area contributed by atoms with Crippen LogP contribution in [0.5, 0.6) is 0 Å². The summed E-state index contributed by atoms with van der Waals surface area (Å²) in [6, 6.07) is 5.12. The van der Waals surface area contributed by atoms with E-state index in [1.165, 1.54) is 7.11 Å². The third-order valence-corrected chi connectivity index (χ3v) is 3.61. The highest BCUT2D eigenvalue weighted by Gasteiger charge is 2.28. The minimum absolute atomic E-state index is 0.155. The second kappa shape index (κ2) is 5.48. The Morgan fingerprint density at radius 1 is 1.53 bits per heavy atom. The highest BCUT2D eigenvalue weighted by Crippen LogP contribution is 2.31. The van der Waals surface area contributed by atoms with Gasteiger partial charge in [0.25, 0.3) is 0 Å². The number of hydrogen-bond donors (Lipinski definition) is 2. The number of benzene rings is 1. The van der Waals surface area contributed by atoms with Gasteiger partial charge in [0.1, 0.15) is 0 Å². The summed E-state index contributed by atoms with van der Waals surface area (Å²) in [7, 11) is 3.30. The predicted octanol–water partition coefficient (Wildman–Crippen LogP) is 1.26. The zero-order valence-corrected chi connectivity index (χ0v) is 11.3. The molecule has 0 unspecified atom stereocenters. The van der Waals surface area contributed by atoms with E-state index in [1.807, 2.05) is 11.9 Å². The first-order chi connectivity index (χ1) is 9.01. The molecular weight excluding hydrogens is 244 g/mol. The van der Waals surface area contributed by atoms with Crippen LogP contribution in [0.15, 0.2) is 18.2 Å². The van der Waals surface area contributed by atoms with Crippen LogP contribution < -0.4 is 10.6 Å². The van der Waals surface area contributed by atoms with Gasteiger partial charge in [0.05, 0.1) is 30.2 Å². The predicted molar refractivity (Wildman–Crippen MR) is 74.2 cm³/mol. The van der Waals surface area contributed by atoms with E-state index in [9.17, 15) is 9.90 Å². The SMILES string of the molecule is COC(=O)c1ccc(N)c(N(C)CC2CC(O)C2)c1. The van der Waals surface area contributed by atoms with Gasteiger partial charge in [0.15, 0.2) is 0 Å². The average molecular weight is 264 g/mol. The van der Waals surface area contributed by atoms with E-state index < -0.39 is 0 Å². The summed E-state index contributed by atoms with van der Waals surface area (Å²) in [5.41, 5.74) is 7.90. The lowest BCUT2D eigenvalue weighted by molar-refractivity contribution is 0.0465. The molecule has 2 rings (SSSR count). The van der Waals surface area contributed by atoms with E-state index in [-0.39, 0.29) is 12.1 Å². The van der Waals surface area contributed by atoms with Crippen molar-refractivity contribution in [3.8, 4) is 0 Å². The number of hydrogen-bond acceptors (Lipinski definition) is 5. The van der Waals surface area contributed by atoms with Crippen molar-refractivity contribution in [3.05, 3.63) is 23.8 Å². The number of nitrogens with two attached hydrogens (primary N) is 1. The van der Waals surface area contributed by atoms with E-state index in [4.69, 9.17) is 10.5 Å². The molecule has 104 valence electrons. The number of esters is 1. The van der Waals surface area contributed by atoms with Crippen LogP contribution in [-0.2, 0) is 4.74 Å². The molecule has 1 fully saturated rings. The van der Waals surface area contributed by atoms with Crippen LogP contribution in [0.25, 0.3) is 0 Å². The van der Waals surface area contributed by atoms with Crippen LogP contribution in [0.3, 0.4) is 0 Å². The standard InChI is InChI=1S/C14H20N2O3/c1-16(8-9-5-11(17)6-9)13-7-10(14(18)19-2)3-4-12(13)15/h3-4,7,9,11,17H,5-6,8,15H2,1-2H3. The number of anilines is 2. The molecule has 1 aliphatic rings. The molecule has 5 heteroatoms. The lowest BCUT2D eigenvalue weighted by atomic mass is 9.82. The molecule has 0 bridgehead atoms. The van der Waals surface area contributed by atoms with E-state index >= 15 is 0 Å². The fraction of sp³-hybridized carbons (Fsp3) is 0.500. The van der Waals surface area contributed by atoms with Crippen molar-refractivity contribution in [1.29, 1.82) is 0 Å². The maximum Gasteiger partial charge on any atom is 0.337 e. The van der Waals surface area contributed by atoms with Crippen LogP contribution in [-0.4, -0.2) is 37.9 Å². The number of nitrogens with zero attached hydrogens (tertiary/aromatic N) is 1. The van der Waals surface area contributed by atoms with Crippen LogP contribution >= 0.6 is 0 Å². The van der Waals surface area contributed by atoms with Crippen molar-refractivity contribution >= 4 is 17.3 Å². The van der Waals surface area contributed by atoms with E-state index in [0.29, 0.717) is 17.2 Å². The summed E-state index contributed by atoms with van der Waals surface area (Å²) in [5, 5.41) is 9.30. The molecule has 0 radical (unpaired) electrons. The van der Waals surface area contributed by atoms with Gasteiger partial charge < -0.3 is 20.5 Å². The van der Waals surface area contributed by atoms with Crippen molar-refractivity contribution < 1.29 is 14.6 Å². The molecule has 5 nitrogen and oxygen atoms in total. The molecular formula is C14H20N2O3. The first-order valence-corrected chi connectivity index (χ1v) is 6.38. The molecule has 1 aromatic carbocycles. The molecule has 1 saturated carbocycles. The third-order valence-electron chi connectivity index (χ3n) is 3.61. The number of nitrogen functional groups attached to an aromatic ring is 1. The molecule has 19 heavy (non-hydrogen) atoms. The molecule has 0 amide bonds. The quantitative estimate of drug-likeness (QED) is 0.632. The van der Waals surface area contributed by atoms with E-state index in [0.717, 1.165) is 25.1 Å².